The summed E-state index contributed by atoms with van der Waals surface area (Å²) in [5.41, 5.74) is 6.49. The Labute approximate surface area is 234 Å². The Morgan fingerprint density at radius 2 is 1.80 bits per heavy atom. The molecule has 3 heterocycles. The molecule has 1 aromatic heterocycles. The number of hydrogen-bond acceptors (Lipinski definition) is 5. The zero-order valence-corrected chi connectivity index (χ0v) is 23.2. The summed E-state index contributed by atoms with van der Waals surface area (Å²) in [5.74, 6) is 0.628. The maximum Gasteiger partial charge on any atom is 0.259 e. The molecule has 0 spiro atoms. The topological polar surface area (TPSA) is 72.8 Å². The van der Waals surface area contributed by atoms with E-state index in [9.17, 15) is 9.59 Å². The van der Waals surface area contributed by atoms with E-state index in [2.05, 4.69) is 36.0 Å². The Morgan fingerprint density at radius 1 is 1.02 bits per heavy atom. The molecule has 7 nitrogen and oxygen atoms in total. The molecule has 0 unspecified atom stereocenters. The average molecular weight is 536 g/mol. The number of aromatic nitrogens is 1. The Morgan fingerprint density at radius 3 is 2.52 bits per heavy atom. The minimum absolute atomic E-state index is 0.226. The summed E-state index contributed by atoms with van der Waals surface area (Å²) in [5, 5.41) is 4.64. The van der Waals surface area contributed by atoms with Gasteiger partial charge in [0.15, 0.2) is 0 Å². The first-order chi connectivity index (χ1) is 19.4. The molecule has 0 fully saturated rings. The first kappa shape index (κ1) is 25.7. The molecule has 0 saturated heterocycles. The van der Waals surface area contributed by atoms with Crippen LogP contribution >= 0.6 is 0 Å². The van der Waals surface area contributed by atoms with E-state index in [1.54, 1.807) is 7.11 Å². The number of carbonyl (C=O) groups excluding carboxylic acids is 2. The van der Waals surface area contributed by atoms with Gasteiger partial charge >= 0.3 is 0 Å². The van der Waals surface area contributed by atoms with Crippen molar-refractivity contribution in [3.05, 3.63) is 101 Å². The second kappa shape index (κ2) is 10.2. The van der Waals surface area contributed by atoms with Crippen LogP contribution in [0.3, 0.4) is 0 Å². The van der Waals surface area contributed by atoms with Crippen molar-refractivity contribution < 1.29 is 19.1 Å². The van der Waals surface area contributed by atoms with E-state index in [1.165, 1.54) is 11.8 Å². The van der Waals surface area contributed by atoms with Crippen LogP contribution in [0.25, 0.3) is 10.9 Å². The Kier molecular flexibility index (Phi) is 6.58. The van der Waals surface area contributed by atoms with E-state index < -0.39 is 5.92 Å². The van der Waals surface area contributed by atoms with Crippen LogP contribution < -0.4 is 14.8 Å². The van der Waals surface area contributed by atoms with Crippen LogP contribution in [-0.2, 0) is 16.0 Å². The summed E-state index contributed by atoms with van der Waals surface area (Å²) in [6, 6.07) is 22.3. The van der Waals surface area contributed by atoms with Crippen molar-refractivity contribution >= 4 is 28.4 Å². The molecule has 2 amide bonds. The Bertz CT molecular complexity index is 1650. The van der Waals surface area contributed by atoms with Crippen LogP contribution in [0, 0.1) is 0 Å². The number of hydrogen-bond donors (Lipinski definition) is 1. The van der Waals surface area contributed by atoms with Crippen molar-refractivity contribution in [1.82, 2.24) is 9.47 Å². The van der Waals surface area contributed by atoms with Crippen molar-refractivity contribution in [2.45, 2.75) is 39.2 Å². The SMILES string of the molecule is COc1ccc(CCOc2ccccc2[C@H]2C3=C(CN(C(C)=O)C3=O)Nc3cccc4c3c2cn4C(C)C)cc1. The third-order valence-corrected chi connectivity index (χ3v) is 7.86. The number of methoxy groups -OCH3 is 1. The molecule has 0 bridgehead atoms. The molecule has 2 aliphatic rings. The third-order valence-electron chi connectivity index (χ3n) is 7.86. The summed E-state index contributed by atoms with van der Waals surface area (Å²) in [4.78, 5) is 27.6. The van der Waals surface area contributed by atoms with Crippen molar-refractivity contribution in [3.8, 4) is 11.5 Å². The average Bonchev–Trinajstić information content (AvgIpc) is 3.45. The number of carbonyl (C=O) groups is 2. The molecule has 2 aliphatic heterocycles. The molecular formula is C33H33N3O4. The summed E-state index contributed by atoms with van der Waals surface area (Å²) < 4.78 is 13.9. The zero-order chi connectivity index (χ0) is 28.0. The highest BCUT2D eigenvalue weighted by Crippen LogP contribution is 2.48. The molecule has 204 valence electrons. The van der Waals surface area contributed by atoms with E-state index in [1.807, 2.05) is 60.7 Å². The predicted molar refractivity (Wildman–Crippen MR) is 156 cm³/mol. The van der Waals surface area contributed by atoms with Gasteiger partial charge in [0, 0.05) is 53.8 Å². The molecule has 7 heteroatoms. The van der Waals surface area contributed by atoms with E-state index in [0.717, 1.165) is 56.9 Å². The number of nitrogens with zero attached hydrogens (tertiary/aromatic N) is 2. The molecule has 3 aromatic carbocycles. The molecule has 0 aliphatic carbocycles. The fourth-order valence-corrected chi connectivity index (χ4v) is 5.90. The van der Waals surface area contributed by atoms with Gasteiger partial charge in [0.05, 0.1) is 31.4 Å². The number of amides is 2. The van der Waals surface area contributed by atoms with E-state index in [4.69, 9.17) is 9.47 Å². The van der Waals surface area contributed by atoms with Crippen molar-refractivity contribution in [3.63, 3.8) is 0 Å². The molecular weight excluding hydrogens is 502 g/mol. The highest BCUT2D eigenvalue weighted by molar-refractivity contribution is 6.11. The molecule has 4 aromatic rings. The molecule has 1 atom stereocenters. The maximum absolute atomic E-state index is 13.8. The Balaban J connectivity index is 1.45. The van der Waals surface area contributed by atoms with Gasteiger partial charge in [-0.1, -0.05) is 36.4 Å². The van der Waals surface area contributed by atoms with Crippen LogP contribution in [0.15, 0.2) is 84.2 Å². The van der Waals surface area contributed by atoms with Gasteiger partial charge in [0.25, 0.3) is 5.91 Å². The normalized spacial score (nSPS) is 16.3. The number of benzene rings is 3. The minimum Gasteiger partial charge on any atom is -0.497 e. The number of nitrogens with one attached hydrogen (secondary N) is 1. The van der Waals surface area contributed by atoms with Gasteiger partial charge in [0.2, 0.25) is 5.91 Å². The quantitative estimate of drug-likeness (QED) is 0.312. The van der Waals surface area contributed by atoms with Gasteiger partial charge in [-0.3, -0.25) is 14.5 Å². The predicted octanol–water partition coefficient (Wildman–Crippen LogP) is 6.05. The number of rotatable bonds is 7. The second-order valence-electron chi connectivity index (χ2n) is 10.6. The van der Waals surface area contributed by atoms with E-state index >= 15 is 0 Å². The standard InChI is InChI=1S/C33H33N3O4/c1-20(2)35-18-25-30(24-8-5-6-11-29(24)40-17-16-22-12-14-23(39-4)15-13-22)32-27(19-36(21(3)37)33(32)38)34-26-9-7-10-28(35)31(25)26/h5-15,18,20,30,34H,16-17,19H2,1-4H3/t30-/m1/s1. The molecule has 0 saturated carbocycles. The van der Waals surface area contributed by atoms with Crippen LogP contribution in [0.5, 0.6) is 11.5 Å². The molecule has 40 heavy (non-hydrogen) atoms. The largest absolute Gasteiger partial charge is 0.497 e. The van der Waals surface area contributed by atoms with Crippen molar-refractivity contribution in [2.24, 2.45) is 0 Å². The van der Waals surface area contributed by atoms with Crippen LogP contribution in [0.2, 0.25) is 0 Å². The first-order valence-corrected chi connectivity index (χ1v) is 13.7. The van der Waals surface area contributed by atoms with Crippen molar-refractivity contribution in [1.29, 1.82) is 0 Å². The number of para-hydroxylation sites is 1. The number of ether oxygens (including phenoxy) is 2. The third kappa shape index (κ3) is 4.31. The number of imide groups is 1. The molecule has 0 radical (unpaired) electrons. The lowest BCUT2D eigenvalue weighted by molar-refractivity contribution is -0.139. The smallest absolute Gasteiger partial charge is 0.259 e. The lowest BCUT2D eigenvalue weighted by Gasteiger charge is -2.22. The van der Waals surface area contributed by atoms with Crippen molar-refractivity contribution in [2.75, 3.05) is 25.6 Å². The van der Waals surface area contributed by atoms with Gasteiger partial charge < -0.3 is 19.4 Å². The summed E-state index contributed by atoms with van der Waals surface area (Å²) >= 11 is 0. The minimum atomic E-state index is -0.400. The number of anilines is 1. The zero-order valence-electron chi connectivity index (χ0n) is 23.2. The second-order valence-corrected chi connectivity index (χ2v) is 10.6. The van der Waals surface area contributed by atoms with Gasteiger partial charge in [-0.15, -0.1) is 0 Å². The van der Waals surface area contributed by atoms with Crippen LogP contribution in [0.4, 0.5) is 5.69 Å². The highest BCUT2D eigenvalue weighted by atomic mass is 16.5. The van der Waals surface area contributed by atoms with E-state index in [-0.39, 0.29) is 24.4 Å². The summed E-state index contributed by atoms with van der Waals surface area (Å²) in [6.07, 6.45) is 2.89. The van der Waals surface area contributed by atoms with Gasteiger partial charge in [-0.2, -0.15) is 0 Å². The fraction of sp³-hybridized carbons (Fsp3) is 0.273. The Hall–Kier alpha value is -4.52. The van der Waals surface area contributed by atoms with Gasteiger partial charge in [-0.05, 0) is 55.3 Å². The summed E-state index contributed by atoms with van der Waals surface area (Å²) in [7, 11) is 1.66. The van der Waals surface area contributed by atoms with Gasteiger partial charge in [-0.25, -0.2) is 0 Å². The lowest BCUT2D eigenvalue weighted by atomic mass is 9.84. The maximum atomic E-state index is 13.8. The van der Waals surface area contributed by atoms with E-state index in [0.29, 0.717) is 12.2 Å². The fourth-order valence-electron chi connectivity index (χ4n) is 5.90. The molecule has 6 rings (SSSR count). The highest BCUT2D eigenvalue weighted by Gasteiger charge is 2.42. The van der Waals surface area contributed by atoms with Crippen LogP contribution in [-0.4, -0.2) is 41.5 Å². The lowest BCUT2D eigenvalue weighted by Crippen LogP contribution is -2.33. The monoisotopic (exact) mass is 535 g/mol. The first-order valence-electron chi connectivity index (χ1n) is 13.7. The van der Waals surface area contributed by atoms with Gasteiger partial charge in [0.1, 0.15) is 11.5 Å². The van der Waals surface area contributed by atoms with Crippen LogP contribution in [0.1, 0.15) is 49.4 Å². The summed E-state index contributed by atoms with van der Waals surface area (Å²) in [6.45, 7) is 6.46. The molecule has 1 N–H and O–H groups in total.